The van der Waals surface area contributed by atoms with E-state index in [1.165, 1.54) is 0 Å². The number of anilines is 3. The number of aromatic nitrogens is 1. The Labute approximate surface area is 94.8 Å². The average molecular weight is 226 g/mol. The van der Waals surface area contributed by atoms with Crippen molar-refractivity contribution in [3.8, 4) is 0 Å². The number of nitrogens with two attached hydrogens (primary N) is 2. The molecule has 1 heterocycles. The van der Waals surface area contributed by atoms with E-state index in [0.29, 0.717) is 22.6 Å². The Morgan fingerprint density at radius 2 is 2.20 bits per heavy atom. The zero-order valence-electron chi connectivity index (χ0n) is 9.37. The zero-order valence-corrected chi connectivity index (χ0v) is 10.2. The summed E-state index contributed by atoms with van der Waals surface area (Å²) in [4.78, 5) is 5.11. The number of nitrogens with zero attached hydrogens (tertiary/aromatic N) is 1. The molecule has 0 saturated carbocycles. The molecule has 1 rings (SSSR count). The van der Waals surface area contributed by atoms with E-state index in [0.717, 1.165) is 11.3 Å². The second-order valence-electron chi connectivity index (χ2n) is 3.39. The predicted molar refractivity (Wildman–Crippen MR) is 68.2 cm³/mol. The van der Waals surface area contributed by atoms with Crippen LogP contribution in [0.15, 0.2) is 11.0 Å². The van der Waals surface area contributed by atoms with E-state index in [4.69, 9.17) is 11.5 Å². The van der Waals surface area contributed by atoms with Gasteiger partial charge in [0.05, 0.1) is 5.69 Å². The highest BCUT2D eigenvalue weighted by Crippen LogP contribution is 2.34. The molecule has 1 aromatic rings. The lowest BCUT2D eigenvalue weighted by Crippen LogP contribution is -2.04. The molecule has 0 radical (unpaired) electrons. The summed E-state index contributed by atoms with van der Waals surface area (Å²) in [5.74, 6) is 1.15. The summed E-state index contributed by atoms with van der Waals surface area (Å²) in [5, 5.41) is 3.46. The molecule has 5 N–H and O–H groups in total. The van der Waals surface area contributed by atoms with Crippen LogP contribution in [0.25, 0.3) is 0 Å². The number of hydrogen-bond donors (Lipinski definition) is 3. The highest BCUT2D eigenvalue weighted by atomic mass is 32.2. The van der Waals surface area contributed by atoms with Crippen molar-refractivity contribution in [2.75, 3.05) is 23.8 Å². The van der Waals surface area contributed by atoms with Crippen LogP contribution in [0.1, 0.15) is 20.3 Å². The lowest BCUT2D eigenvalue weighted by molar-refractivity contribution is 0.906. The Balaban J connectivity index is 3.01. The van der Waals surface area contributed by atoms with Gasteiger partial charge in [0.1, 0.15) is 5.82 Å². The van der Waals surface area contributed by atoms with Gasteiger partial charge in [-0.25, -0.2) is 4.98 Å². The maximum absolute atomic E-state index is 5.96. The Morgan fingerprint density at radius 3 is 2.73 bits per heavy atom. The molecule has 0 aromatic carbocycles. The summed E-state index contributed by atoms with van der Waals surface area (Å²) < 4.78 is 0. The first-order valence-corrected chi connectivity index (χ1v) is 5.86. The van der Waals surface area contributed by atoms with Crippen molar-refractivity contribution in [2.24, 2.45) is 0 Å². The number of hydrogen-bond acceptors (Lipinski definition) is 5. The molecule has 0 aliphatic rings. The standard InChI is InChI=1S/C10H18N4S/c1-4-6(2)15-7-5-8(11)14-10(13-3)9(7)12/h5-6H,4,12H2,1-3H3,(H3,11,13,14). The molecule has 1 atom stereocenters. The maximum Gasteiger partial charge on any atom is 0.152 e. The van der Waals surface area contributed by atoms with Crippen molar-refractivity contribution >= 4 is 29.1 Å². The first kappa shape index (κ1) is 12.0. The molecular weight excluding hydrogens is 208 g/mol. The van der Waals surface area contributed by atoms with Gasteiger partial charge in [-0.2, -0.15) is 0 Å². The van der Waals surface area contributed by atoms with E-state index in [1.54, 1.807) is 18.8 Å². The fourth-order valence-electron chi connectivity index (χ4n) is 1.14. The van der Waals surface area contributed by atoms with Crippen LogP contribution in [0.3, 0.4) is 0 Å². The van der Waals surface area contributed by atoms with Crippen LogP contribution in [0, 0.1) is 0 Å². The van der Waals surface area contributed by atoms with E-state index >= 15 is 0 Å². The predicted octanol–water partition coefficient (Wildman–Crippen LogP) is 2.18. The molecular formula is C10H18N4S. The number of pyridine rings is 1. The molecule has 84 valence electrons. The molecule has 0 aliphatic carbocycles. The third kappa shape index (κ3) is 2.92. The fraction of sp³-hybridized carbons (Fsp3) is 0.500. The van der Waals surface area contributed by atoms with E-state index < -0.39 is 0 Å². The van der Waals surface area contributed by atoms with Crippen LogP contribution in [-0.4, -0.2) is 17.3 Å². The lowest BCUT2D eigenvalue weighted by atomic mass is 10.3. The third-order valence-corrected chi connectivity index (χ3v) is 3.51. The summed E-state index contributed by atoms with van der Waals surface area (Å²) in [6.07, 6.45) is 1.10. The van der Waals surface area contributed by atoms with Crippen LogP contribution in [-0.2, 0) is 0 Å². The Morgan fingerprint density at radius 1 is 1.53 bits per heavy atom. The van der Waals surface area contributed by atoms with Gasteiger partial charge >= 0.3 is 0 Å². The smallest absolute Gasteiger partial charge is 0.152 e. The highest BCUT2D eigenvalue weighted by molar-refractivity contribution is 8.00. The largest absolute Gasteiger partial charge is 0.395 e. The van der Waals surface area contributed by atoms with E-state index in [1.807, 2.05) is 6.07 Å². The van der Waals surface area contributed by atoms with Crippen molar-refractivity contribution in [2.45, 2.75) is 30.4 Å². The number of nitrogen functional groups attached to an aromatic ring is 2. The van der Waals surface area contributed by atoms with Gasteiger partial charge in [-0.15, -0.1) is 11.8 Å². The Hall–Kier alpha value is -1.10. The summed E-state index contributed by atoms with van der Waals surface area (Å²) in [6, 6.07) is 1.83. The number of thioether (sulfide) groups is 1. The van der Waals surface area contributed by atoms with Crippen molar-refractivity contribution in [1.29, 1.82) is 0 Å². The van der Waals surface area contributed by atoms with Gasteiger partial charge in [-0.1, -0.05) is 13.8 Å². The van der Waals surface area contributed by atoms with E-state index in [2.05, 4.69) is 24.1 Å². The monoisotopic (exact) mass is 226 g/mol. The molecule has 1 aromatic heterocycles. The van der Waals surface area contributed by atoms with Crippen molar-refractivity contribution in [3.63, 3.8) is 0 Å². The number of rotatable bonds is 4. The molecule has 0 amide bonds. The van der Waals surface area contributed by atoms with Gasteiger partial charge < -0.3 is 16.8 Å². The van der Waals surface area contributed by atoms with Crippen molar-refractivity contribution < 1.29 is 0 Å². The molecule has 0 spiro atoms. The minimum absolute atomic E-state index is 0.499. The summed E-state index contributed by atoms with van der Waals surface area (Å²) in [5.41, 5.74) is 12.3. The van der Waals surface area contributed by atoms with E-state index in [9.17, 15) is 0 Å². The molecule has 0 aliphatic heterocycles. The number of nitrogens with one attached hydrogen (secondary N) is 1. The molecule has 4 nitrogen and oxygen atoms in total. The topological polar surface area (TPSA) is 77.0 Å². The molecule has 15 heavy (non-hydrogen) atoms. The molecule has 1 unspecified atom stereocenters. The molecule has 0 fully saturated rings. The summed E-state index contributed by atoms with van der Waals surface area (Å²) in [6.45, 7) is 4.32. The normalized spacial score (nSPS) is 12.5. The van der Waals surface area contributed by atoms with Gasteiger partial charge in [0.2, 0.25) is 0 Å². The average Bonchev–Trinajstić information content (AvgIpc) is 2.22. The molecule has 0 bridgehead atoms. The van der Waals surface area contributed by atoms with Crippen LogP contribution >= 0.6 is 11.8 Å². The van der Waals surface area contributed by atoms with Gasteiger partial charge in [0, 0.05) is 17.2 Å². The molecule has 5 heteroatoms. The van der Waals surface area contributed by atoms with Crippen LogP contribution in [0.2, 0.25) is 0 Å². The van der Waals surface area contributed by atoms with Crippen LogP contribution in [0.4, 0.5) is 17.3 Å². The van der Waals surface area contributed by atoms with Gasteiger partial charge in [-0.05, 0) is 12.5 Å². The second-order valence-corrected chi connectivity index (χ2v) is 4.87. The SMILES string of the molecule is CCC(C)Sc1cc(N)nc(NC)c1N. The summed E-state index contributed by atoms with van der Waals surface area (Å²) in [7, 11) is 1.79. The summed E-state index contributed by atoms with van der Waals surface area (Å²) >= 11 is 1.73. The molecule has 0 saturated heterocycles. The lowest BCUT2D eigenvalue weighted by Gasteiger charge is -2.13. The maximum atomic E-state index is 5.96. The zero-order chi connectivity index (χ0) is 11.4. The first-order chi connectivity index (χ1) is 7.08. The Bertz CT molecular complexity index is 340. The van der Waals surface area contributed by atoms with Crippen molar-refractivity contribution in [3.05, 3.63) is 6.07 Å². The van der Waals surface area contributed by atoms with Gasteiger partial charge in [0.25, 0.3) is 0 Å². The van der Waals surface area contributed by atoms with Gasteiger partial charge in [-0.3, -0.25) is 0 Å². The second kappa shape index (κ2) is 5.11. The van der Waals surface area contributed by atoms with E-state index in [-0.39, 0.29) is 0 Å². The highest BCUT2D eigenvalue weighted by Gasteiger charge is 2.10. The fourth-order valence-corrected chi connectivity index (χ4v) is 2.15. The van der Waals surface area contributed by atoms with Crippen LogP contribution < -0.4 is 16.8 Å². The quantitative estimate of drug-likeness (QED) is 0.686. The Kier molecular flexibility index (Phi) is 4.08. The minimum atomic E-state index is 0.499. The first-order valence-electron chi connectivity index (χ1n) is 4.98. The van der Waals surface area contributed by atoms with Crippen molar-refractivity contribution in [1.82, 2.24) is 4.98 Å². The van der Waals surface area contributed by atoms with Gasteiger partial charge in [0.15, 0.2) is 5.82 Å². The van der Waals surface area contributed by atoms with Crippen LogP contribution in [0.5, 0.6) is 0 Å². The minimum Gasteiger partial charge on any atom is -0.395 e. The third-order valence-electron chi connectivity index (χ3n) is 2.18.